The van der Waals surface area contributed by atoms with Crippen molar-refractivity contribution in [3.8, 4) is 0 Å². The average molecular weight is 539 g/mol. The van der Waals surface area contributed by atoms with E-state index < -0.39 is 0 Å². The number of amides is 3. The lowest BCUT2D eigenvalue weighted by Gasteiger charge is -2.36. The summed E-state index contributed by atoms with van der Waals surface area (Å²) in [5, 5.41) is 10.4. The molecular formula is C30H34N8O2. The monoisotopic (exact) mass is 538 g/mol. The van der Waals surface area contributed by atoms with E-state index in [1.165, 1.54) is 25.7 Å². The molecule has 3 amide bonds. The Bertz CT molecular complexity index is 1480. The first-order valence-corrected chi connectivity index (χ1v) is 14.3. The van der Waals surface area contributed by atoms with Crippen molar-refractivity contribution in [2.24, 2.45) is 24.8 Å². The van der Waals surface area contributed by atoms with Gasteiger partial charge in [-0.3, -0.25) is 9.48 Å². The molecule has 7 rings (SSSR count). The Morgan fingerprint density at radius 1 is 1.15 bits per heavy atom. The minimum Gasteiger partial charge on any atom is -0.322 e. The number of fused-ring (bicyclic) bond motifs is 3. The number of hydrogen-bond donors (Lipinski definition) is 2. The number of nitrogens with zero attached hydrogens (tertiary/aromatic N) is 6. The standard InChI is InChI=1S/C30H34N8O2/c1-36-13-12-26(35-36)33-29-31-17-22-18-37(24-10-11-24)30(40)38(28(22)34-29)25-6-3-5-23(16-25)32-27(39)7-2-4-20-14-19-8-9-21(20)15-19/h2-3,5-7,12-13,16-17,19-21,24H,4,8-11,14-15,18H2,1H3,(H,32,39)(H,31,33,34,35)/b7-2+. The number of hydrogen-bond acceptors (Lipinski definition) is 6. The van der Waals surface area contributed by atoms with Crippen LogP contribution in [0.3, 0.4) is 0 Å². The number of carbonyl (C=O) groups excluding carboxylic acids is 2. The Hall–Kier alpha value is -4.21. The molecule has 0 saturated heterocycles. The molecule has 3 saturated carbocycles. The van der Waals surface area contributed by atoms with Gasteiger partial charge in [0, 0.05) is 42.8 Å². The molecule has 3 unspecified atom stereocenters. The molecule has 10 nitrogen and oxygen atoms in total. The predicted octanol–water partition coefficient (Wildman–Crippen LogP) is 5.51. The number of anilines is 5. The van der Waals surface area contributed by atoms with Crippen molar-refractivity contribution in [3.63, 3.8) is 0 Å². The number of benzene rings is 1. The Morgan fingerprint density at radius 3 is 2.80 bits per heavy atom. The van der Waals surface area contributed by atoms with Crippen LogP contribution in [-0.2, 0) is 18.4 Å². The van der Waals surface area contributed by atoms with E-state index >= 15 is 0 Å². The van der Waals surface area contributed by atoms with E-state index in [0.29, 0.717) is 35.5 Å². The van der Waals surface area contributed by atoms with Gasteiger partial charge < -0.3 is 15.5 Å². The van der Waals surface area contributed by atoms with Crippen molar-refractivity contribution in [3.05, 3.63) is 60.4 Å². The van der Waals surface area contributed by atoms with Crippen molar-refractivity contribution >= 4 is 40.9 Å². The van der Waals surface area contributed by atoms with Crippen molar-refractivity contribution in [1.82, 2.24) is 24.6 Å². The molecular weight excluding hydrogens is 504 g/mol. The maximum Gasteiger partial charge on any atom is 0.330 e. The van der Waals surface area contributed by atoms with E-state index in [4.69, 9.17) is 4.98 Å². The maximum atomic E-state index is 13.8. The summed E-state index contributed by atoms with van der Waals surface area (Å²) >= 11 is 0. The van der Waals surface area contributed by atoms with Gasteiger partial charge in [-0.25, -0.2) is 14.7 Å². The first-order chi connectivity index (χ1) is 19.5. The van der Waals surface area contributed by atoms with E-state index in [2.05, 4.69) is 20.7 Å². The lowest BCUT2D eigenvalue weighted by atomic mass is 9.86. The fraction of sp³-hybridized carbons (Fsp3) is 0.433. The summed E-state index contributed by atoms with van der Waals surface area (Å²) in [7, 11) is 1.84. The summed E-state index contributed by atoms with van der Waals surface area (Å²) < 4.78 is 1.69. The highest BCUT2D eigenvalue weighted by molar-refractivity contribution is 6.03. The van der Waals surface area contributed by atoms with Gasteiger partial charge in [0.15, 0.2) is 11.6 Å². The molecule has 10 heteroatoms. The summed E-state index contributed by atoms with van der Waals surface area (Å²) in [5.74, 6) is 3.83. The van der Waals surface area contributed by atoms with E-state index in [-0.39, 0.29) is 18.0 Å². The molecule has 0 radical (unpaired) electrons. The molecule has 3 heterocycles. The van der Waals surface area contributed by atoms with E-state index in [0.717, 1.165) is 42.6 Å². The van der Waals surface area contributed by atoms with Crippen LogP contribution in [0.4, 0.5) is 33.8 Å². The van der Waals surface area contributed by atoms with E-state index in [9.17, 15) is 9.59 Å². The van der Waals surface area contributed by atoms with Gasteiger partial charge in [0.2, 0.25) is 11.9 Å². The van der Waals surface area contributed by atoms with E-state index in [1.54, 1.807) is 21.9 Å². The van der Waals surface area contributed by atoms with Gasteiger partial charge in [-0.1, -0.05) is 18.6 Å². The summed E-state index contributed by atoms with van der Waals surface area (Å²) in [6, 6.07) is 9.33. The number of urea groups is 1. The Labute approximate surface area is 233 Å². The third-order valence-electron chi connectivity index (χ3n) is 8.74. The zero-order valence-corrected chi connectivity index (χ0v) is 22.7. The van der Waals surface area contributed by atoms with Gasteiger partial charge in [-0.05, 0) is 80.6 Å². The number of nitrogens with one attached hydrogen (secondary N) is 2. The molecule has 2 bridgehead atoms. The molecule has 0 spiro atoms. The summed E-state index contributed by atoms with van der Waals surface area (Å²) in [4.78, 5) is 39.2. The molecule has 3 atom stereocenters. The fourth-order valence-corrected chi connectivity index (χ4v) is 6.66. The van der Waals surface area contributed by atoms with Crippen molar-refractivity contribution in [2.75, 3.05) is 15.5 Å². The number of carbonyl (C=O) groups is 2. The van der Waals surface area contributed by atoms with Crippen LogP contribution in [0.2, 0.25) is 0 Å². The molecule has 3 aromatic rings. The van der Waals surface area contributed by atoms with Gasteiger partial charge in [0.1, 0.15) is 0 Å². The van der Waals surface area contributed by atoms with Crippen LogP contribution in [-0.4, -0.2) is 42.6 Å². The maximum absolute atomic E-state index is 13.8. The Morgan fingerprint density at radius 2 is 2.05 bits per heavy atom. The molecule has 1 aliphatic heterocycles. The van der Waals surface area contributed by atoms with Crippen LogP contribution >= 0.6 is 0 Å². The number of allylic oxidation sites excluding steroid dienone is 1. The zero-order valence-electron chi connectivity index (χ0n) is 22.7. The molecule has 3 fully saturated rings. The normalized spacial score (nSPS) is 23.6. The van der Waals surface area contributed by atoms with Gasteiger partial charge in [0.05, 0.1) is 12.2 Å². The van der Waals surface area contributed by atoms with E-state index in [1.807, 2.05) is 54.6 Å². The second-order valence-corrected chi connectivity index (χ2v) is 11.6. The largest absolute Gasteiger partial charge is 0.330 e. The quantitative estimate of drug-likeness (QED) is 0.366. The minimum atomic E-state index is -0.158. The predicted molar refractivity (Wildman–Crippen MR) is 152 cm³/mol. The lowest BCUT2D eigenvalue weighted by Crippen LogP contribution is -2.46. The third-order valence-corrected chi connectivity index (χ3v) is 8.74. The summed E-state index contributed by atoms with van der Waals surface area (Å²) in [6.07, 6.45) is 15.7. The summed E-state index contributed by atoms with van der Waals surface area (Å²) in [6.45, 7) is 0.475. The average Bonchev–Trinajstić information content (AvgIpc) is 3.35. The molecule has 2 N–H and O–H groups in total. The van der Waals surface area contributed by atoms with Crippen molar-refractivity contribution in [2.45, 2.75) is 57.5 Å². The van der Waals surface area contributed by atoms with Crippen LogP contribution in [0.1, 0.15) is 50.5 Å². The van der Waals surface area contributed by atoms with Gasteiger partial charge in [0.25, 0.3) is 0 Å². The van der Waals surface area contributed by atoms with Crippen LogP contribution in [0.15, 0.2) is 54.9 Å². The van der Waals surface area contributed by atoms with Gasteiger partial charge >= 0.3 is 6.03 Å². The lowest BCUT2D eigenvalue weighted by molar-refractivity contribution is -0.111. The number of aryl methyl sites for hydroxylation is 1. The van der Waals surface area contributed by atoms with Crippen LogP contribution in [0.25, 0.3) is 0 Å². The smallest absolute Gasteiger partial charge is 0.322 e. The second kappa shape index (κ2) is 10.1. The molecule has 3 aliphatic carbocycles. The van der Waals surface area contributed by atoms with Crippen LogP contribution in [0.5, 0.6) is 0 Å². The molecule has 2 aromatic heterocycles. The molecule has 4 aliphatic rings. The number of aromatic nitrogens is 4. The van der Waals surface area contributed by atoms with Crippen molar-refractivity contribution in [1.29, 1.82) is 0 Å². The highest BCUT2D eigenvalue weighted by Crippen LogP contribution is 2.49. The highest BCUT2D eigenvalue weighted by Gasteiger charge is 2.41. The first-order valence-electron chi connectivity index (χ1n) is 14.3. The van der Waals surface area contributed by atoms with Crippen molar-refractivity contribution < 1.29 is 9.59 Å². The van der Waals surface area contributed by atoms with Gasteiger partial charge in [-0.15, -0.1) is 0 Å². The second-order valence-electron chi connectivity index (χ2n) is 11.6. The molecule has 40 heavy (non-hydrogen) atoms. The SMILES string of the molecule is Cn1ccc(Nc2ncc3c(n2)N(c2cccc(NC(=O)/C=C/CC4CC5CCC4C5)c2)C(=O)N(C2CC2)C3)n1. The number of rotatable bonds is 8. The first kappa shape index (κ1) is 24.8. The molecule has 1 aromatic carbocycles. The highest BCUT2D eigenvalue weighted by atomic mass is 16.2. The summed E-state index contributed by atoms with van der Waals surface area (Å²) in [5.41, 5.74) is 2.14. The zero-order chi connectivity index (χ0) is 27.2. The van der Waals surface area contributed by atoms with Gasteiger partial charge in [-0.2, -0.15) is 10.1 Å². The Kier molecular flexibility index (Phi) is 6.25. The Balaban J connectivity index is 1.11. The fourth-order valence-electron chi connectivity index (χ4n) is 6.66. The third kappa shape index (κ3) is 4.94. The minimum absolute atomic E-state index is 0.119. The molecule has 206 valence electrons. The topological polar surface area (TPSA) is 108 Å². The van der Waals surface area contributed by atoms with Crippen LogP contribution in [0, 0.1) is 17.8 Å². The van der Waals surface area contributed by atoms with Crippen LogP contribution < -0.4 is 15.5 Å².